The predicted molar refractivity (Wildman–Crippen MR) is 121 cm³/mol. The predicted octanol–water partition coefficient (Wildman–Crippen LogP) is 4.69. The number of imidazole rings is 1. The van der Waals surface area contributed by atoms with Gasteiger partial charge in [-0.3, -0.25) is 0 Å². The number of hydrogen-bond acceptors (Lipinski definition) is 4. The van der Waals surface area contributed by atoms with Gasteiger partial charge in [0.25, 0.3) is 0 Å². The molecule has 6 heteroatoms. The van der Waals surface area contributed by atoms with Gasteiger partial charge in [-0.05, 0) is 51.5 Å². The van der Waals surface area contributed by atoms with Gasteiger partial charge in [0.2, 0.25) is 0 Å². The molecule has 0 spiro atoms. The van der Waals surface area contributed by atoms with E-state index in [1.54, 1.807) is 0 Å². The van der Waals surface area contributed by atoms with E-state index in [2.05, 4.69) is 46.8 Å². The van der Waals surface area contributed by atoms with E-state index >= 15 is 0 Å². The van der Waals surface area contributed by atoms with Gasteiger partial charge >= 0.3 is 6.09 Å². The number of amides is 1. The zero-order valence-corrected chi connectivity index (χ0v) is 18.3. The highest BCUT2D eigenvalue weighted by molar-refractivity contribution is 5.81. The Morgan fingerprint density at radius 2 is 1.80 bits per heavy atom. The molecule has 4 rings (SSSR count). The number of carbonyl (C=O) groups excluding carboxylic acids is 1. The average molecular weight is 407 g/mol. The number of nitrogens with zero attached hydrogens (tertiary/aromatic N) is 4. The first-order valence-electron chi connectivity index (χ1n) is 10.6. The summed E-state index contributed by atoms with van der Waals surface area (Å²) in [5.41, 5.74) is 3.91. The van der Waals surface area contributed by atoms with Gasteiger partial charge in [-0.15, -0.1) is 0 Å². The molecule has 6 nitrogen and oxygen atoms in total. The van der Waals surface area contributed by atoms with E-state index in [0.717, 1.165) is 54.2 Å². The minimum Gasteiger partial charge on any atom is -0.444 e. The number of carbonyl (C=O) groups is 1. The van der Waals surface area contributed by atoms with Crippen LogP contribution in [0.3, 0.4) is 0 Å². The van der Waals surface area contributed by atoms with Crippen LogP contribution in [0.15, 0.2) is 48.5 Å². The SMILES string of the molecule is Cn1c(-c2cccc(N3CCCN(C(=O)OC(C)(C)C)CC3)c2)nc2ccccc21. The molecule has 1 aliphatic heterocycles. The van der Waals surface area contributed by atoms with Crippen LogP contribution in [0.2, 0.25) is 0 Å². The van der Waals surface area contributed by atoms with Gasteiger partial charge in [0.05, 0.1) is 11.0 Å². The van der Waals surface area contributed by atoms with Crippen molar-refractivity contribution in [1.82, 2.24) is 14.5 Å². The van der Waals surface area contributed by atoms with E-state index < -0.39 is 5.60 Å². The summed E-state index contributed by atoms with van der Waals surface area (Å²) in [6.07, 6.45) is 0.688. The summed E-state index contributed by atoms with van der Waals surface area (Å²) in [5.74, 6) is 0.961. The molecule has 2 heterocycles. The molecule has 0 radical (unpaired) electrons. The van der Waals surface area contributed by atoms with E-state index in [1.165, 1.54) is 0 Å². The fourth-order valence-electron chi connectivity index (χ4n) is 3.93. The number of aromatic nitrogens is 2. The maximum absolute atomic E-state index is 12.4. The molecule has 30 heavy (non-hydrogen) atoms. The van der Waals surface area contributed by atoms with Crippen molar-refractivity contribution in [1.29, 1.82) is 0 Å². The summed E-state index contributed by atoms with van der Waals surface area (Å²) in [6.45, 7) is 8.78. The van der Waals surface area contributed by atoms with Crippen LogP contribution < -0.4 is 4.90 Å². The standard InChI is InChI=1S/C24H30N4O2/c1-24(2,3)30-23(29)28-14-8-13-27(15-16-28)19-10-7-9-18(17-19)22-25-20-11-5-6-12-21(20)26(22)4/h5-7,9-12,17H,8,13-16H2,1-4H3. The van der Waals surface area contributed by atoms with Crippen LogP contribution in [0, 0.1) is 0 Å². The molecule has 0 atom stereocenters. The Hall–Kier alpha value is -3.02. The number of rotatable bonds is 2. The normalized spacial score (nSPS) is 15.3. The second-order valence-electron chi connectivity index (χ2n) is 8.84. The third-order valence-corrected chi connectivity index (χ3v) is 5.40. The van der Waals surface area contributed by atoms with E-state index in [9.17, 15) is 4.79 Å². The lowest BCUT2D eigenvalue weighted by Gasteiger charge is -2.27. The Kier molecular flexibility index (Phi) is 5.41. The van der Waals surface area contributed by atoms with Crippen molar-refractivity contribution in [3.8, 4) is 11.4 Å². The Morgan fingerprint density at radius 3 is 2.57 bits per heavy atom. The van der Waals surface area contributed by atoms with Gasteiger partial charge in [-0.2, -0.15) is 0 Å². The molecule has 3 aromatic rings. The third-order valence-electron chi connectivity index (χ3n) is 5.40. The number of fused-ring (bicyclic) bond motifs is 1. The van der Waals surface area contributed by atoms with Crippen molar-refractivity contribution in [2.24, 2.45) is 7.05 Å². The Morgan fingerprint density at radius 1 is 1.00 bits per heavy atom. The zero-order chi connectivity index (χ0) is 21.3. The van der Waals surface area contributed by atoms with E-state index in [4.69, 9.17) is 9.72 Å². The monoisotopic (exact) mass is 406 g/mol. The molecular weight excluding hydrogens is 376 g/mol. The summed E-state index contributed by atoms with van der Waals surface area (Å²) in [7, 11) is 2.06. The molecule has 0 saturated carbocycles. The molecule has 1 aliphatic rings. The van der Waals surface area contributed by atoms with Crippen LogP contribution in [0.25, 0.3) is 22.4 Å². The van der Waals surface area contributed by atoms with Gasteiger partial charge in [0.1, 0.15) is 11.4 Å². The van der Waals surface area contributed by atoms with Gasteiger partial charge in [-0.1, -0.05) is 24.3 Å². The average Bonchev–Trinajstić information content (AvgIpc) is 2.88. The second-order valence-corrected chi connectivity index (χ2v) is 8.84. The van der Waals surface area contributed by atoms with Crippen LogP contribution >= 0.6 is 0 Å². The fraction of sp³-hybridized carbons (Fsp3) is 0.417. The molecule has 1 amide bonds. The molecule has 1 fully saturated rings. The van der Waals surface area contributed by atoms with E-state index in [1.807, 2.05) is 43.9 Å². The molecule has 1 aromatic heterocycles. The molecule has 2 aromatic carbocycles. The number of aryl methyl sites for hydroxylation is 1. The van der Waals surface area contributed by atoms with Crippen molar-refractivity contribution >= 4 is 22.8 Å². The van der Waals surface area contributed by atoms with Crippen LogP contribution in [-0.4, -0.2) is 52.3 Å². The van der Waals surface area contributed by atoms with Crippen LogP contribution in [0.1, 0.15) is 27.2 Å². The lowest BCUT2D eigenvalue weighted by Crippen LogP contribution is -2.39. The first-order chi connectivity index (χ1) is 14.3. The number of para-hydroxylation sites is 2. The van der Waals surface area contributed by atoms with Gasteiger partial charge in [-0.25, -0.2) is 9.78 Å². The van der Waals surface area contributed by atoms with Gasteiger partial charge in [0.15, 0.2) is 0 Å². The maximum atomic E-state index is 12.4. The quantitative estimate of drug-likeness (QED) is 0.620. The van der Waals surface area contributed by atoms with Crippen molar-refractivity contribution in [3.63, 3.8) is 0 Å². The minimum absolute atomic E-state index is 0.224. The largest absolute Gasteiger partial charge is 0.444 e. The lowest BCUT2D eigenvalue weighted by atomic mass is 10.1. The number of anilines is 1. The van der Waals surface area contributed by atoms with Crippen molar-refractivity contribution in [2.45, 2.75) is 32.8 Å². The smallest absolute Gasteiger partial charge is 0.410 e. The summed E-state index contributed by atoms with van der Waals surface area (Å²) in [5, 5.41) is 0. The summed E-state index contributed by atoms with van der Waals surface area (Å²) in [4.78, 5) is 21.4. The Bertz CT molecular complexity index is 1050. The lowest BCUT2D eigenvalue weighted by molar-refractivity contribution is 0.0263. The third kappa shape index (κ3) is 4.27. The molecule has 158 valence electrons. The summed E-state index contributed by atoms with van der Waals surface area (Å²) in [6, 6.07) is 16.7. The Labute approximate surface area is 178 Å². The molecule has 1 saturated heterocycles. The maximum Gasteiger partial charge on any atom is 0.410 e. The number of benzene rings is 2. The zero-order valence-electron chi connectivity index (χ0n) is 18.3. The van der Waals surface area contributed by atoms with Crippen LogP contribution in [0.4, 0.5) is 10.5 Å². The van der Waals surface area contributed by atoms with E-state index in [-0.39, 0.29) is 6.09 Å². The second kappa shape index (κ2) is 8.01. The van der Waals surface area contributed by atoms with E-state index in [0.29, 0.717) is 6.54 Å². The minimum atomic E-state index is -0.469. The molecule has 0 unspecified atom stereocenters. The van der Waals surface area contributed by atoms with Gasteiger partial charge < -0.3 is 19.1 Å². The van der Waals surface area contributed by atoms with Crippen molar-refractivity contribution in [3.05, 3.63) is 48.5 Å². The van der Waals surface area contributed by atoms with Crippen molar-refractivity contribution in [2.75, 3.05) is 31.1 Å². The van der Waals surface area contributed by atoms with Crippen molar-refractivity contribution < 1.29 is 9.53 Å². The first-order valence-corrected chi connectivity index (χ1v) is 10.6. The fourth-order valence-corrected chi connectivity index (χ4v) is 3.93. The number of hydrogen-bond donors (Lipinski definition) is 0. The highest BCUT2D eigenvalue weighted by Crippen LogP contribution is 2.27. The molecular formula is C24H30N4O2. The summed E-state index contributed by atoms with van der Waals surface area (Å²) < 4.78 is 7.69. The molecule has 0 N–H and O–H groups in total. The van der Waals surface area contributed by atoms with Gasteiger partial charge in [0, 0.05) is 44.5 Å². The highest BCUT2D eigenvalue weighted by Gasteiger charge is 2.24. The van der Waals surface area contributed by atoms with Crippen LogP contribution in [-0.2, 0) is 11.8 Å². The molecule has 0 aliphatic carbocycles. The molecule has 0 bridgehead atoms. The van der Waals surface area contributed by atoms with Crippen LogP contribution in [0.5, 0.6) is 0 Å². The number of ether oxygens (including phenoxy) is 1. The Balaban J connectivity index is 1.53. The highest BCUT2D eigenvalue weighted by atomic mass is 16.6. The summed E-state index contributed by atoms with van der Waals surface area (Å²) >= 11 is 0. The topological polar surface area (TPSA) is 50.6 Å². The first kappa shape index (κ1) is 20.3.